The van der Waals surface area contributed by atoms with Gasteiger partial charge in [0.05, 0.1) is 6.33 Å². The normalized spacial score (nSPS) is 12.3. The van der Waals surface area contributed by atoms with Crippen LogP contribution in [0.25, 0.3) is 0 Å². The van der Waals surface area contributed by atoms with Crippen molar-refractivity contribution in [1.82, 2.24) is 9.55 Å². The minimum Gasteiger partial charge on any atom is -0.299 e. The Morgan fingerprint density at radius 3 is 2.65 bits per heavy atom. The summed E-state index contributed by atoms with van der Waals surface area (Å²) in [6.07, 6.45) is 3.10. The van der Waals surface area contributed by atoms with Crippen molar-refractivity contribution in [2.75, 3.05) is 5.33 Å². The molecule has 3 nitrogen and oxygen atoms in total. The van der Waals surface area contributed by atoms with Gasteiger partial charge in [-0.25, -0.2) is 4.98 Å². The van der Waals surface area contributed by atoms with Crippen LogP contribution in [0.2, 0.25) is 0 Å². The fourth-order valence-corrected chi connectivity index (χ4v) is 2.30. The van der Waals surface area contributed by atoms with Crippen molar-refractivity contribution in [2.45, 2.75) is 12.5 Å². The molecule has 1 aromatic carbocycles. The topological polar surface area (TPSA) is 34.9 Å². The quantitative estimate of drug-likeness (QED) is 0.811. The van der Waals surface area contributed by atoms with E-state index in [2.05, 4.69) is 33.0 Å². The zero-order chi connectivity index (χ0) is 12.1. The van der Waals surface area contributed by atoms with Crippen LogP contribution in [-0.4, -0.2) is 14.9 Å². The zero-order valence-electron chi connectivity index (χ0n) is 9.29. The summed E-state index contributed by atoms with van der Waals surface area (Å²) in [6.45, 7) is 0.641. The van der Waals surface area contributed by atoms with Crippen LogP contribution < -0.4 is 5.56 Å². The summed E-state index contributed by atoms with van der Waals surface area (Å²) in [5.74, 6) is 0.276. The van der Waals surface area contributed by atoms with Gasteiger partial charge in [-0.3, -0.25) is 9.36 Å². The van der Waals surface area contributed by atoms with Crippen molar-refractivity contribution in [3.8, 4) is 0 Å². The van der Waals surface area contributed by atoms with Crippen molar-refractivity contribution in [3.63, 3.8) is 0 Å². The first-order valence-electron chi connectivity index (χ1n) is 5.42. The molecule has 0 radical (unpaired) electrons. The van der Waals surface area contributed by atoms with E-state index < -0.39 is 0 Å². The number of halogens is 1. The van der Waals surface area contributed by atoms with Gasteiger partial charge in [0.2, 0.25) is 0 Å². The lowest BCUT2D eigenvalue weighted by Crippen LogP contribution is -2.23. The molecule has 0 aliphatic rings. The van der Waals surface area contributed by atoms with E-state index in [0.29, 0.717) is 6.54 Å². The highest BCUT2D eigenvalue weighted by Crippen LogP contribution is 2.19. The van der Waals surface area contributed by atoms with E-state index in [-0.39, 0.29) is 11.5 Å². The van der Waals surface area contributed by atoms with Gasteiger partial charge in [0, 0.05) is 30.1 Å². The molecule has 0 fully saturated rings. The summed E-state index contributed by atoms with van der Waals surface area (Å²) in [4.78, 5) is 15.6. The van der Waals surface area contributed by atoms with E-state index in [1.807, 2.05) is 18.2 Å². The Morgan fingerprint density at radius 2 is 2.00 bits per heavy atom. The van der Waals surface area contributed by atoms with Crippen molar-refractivity contribution in [1.29, 1.82) is 0 Å². The zero-order valence-corrected chi connectivity index (χ0v) is 10.9. The van der Waals surface area contributed by atoms with Gasteiger partial charge in [0.25, 0.3) is 5.56 Å². The highest BCUT2D eigenvalue weighted by Gasteiger charge is 2.11. The molecule has 0 aliphatic heterocycles. The number of benzene rings is 1. The van der Waals surface area contributed by atoms with Crippen LogP contribution in [0.3, 0.4) is 0 Å². The number of hydrogen-bond donors (Lipinski definition) is 0. The SMILES string of the molecule is O=c1ccncn1CC(CBr)c1ccccc1. The highest BCUT2D eigenvalue weighted by molar-refractivity contribution is 9.09. The maximum atomic E-state index is 11.6. The summed E-state index contributed by atoms with van der Waals surface area (Å²) < 4.78 is 1.64. The Morgan fingerprint density at radius 1 is 1.24 bits per heavy atom. The summed E-state index contributed by atoms with van der Waals surface area (Å²) in [7, 11) is 0. The molecule has 0 saturated carbocycles. The van der Waals surface area contributed by atoms with Gasteiger partial charge >= 0.3 is 0 Å². The summed E-state index contributed by atoms with van der Waals surface area (Å²) in [5.41, 5.74) is 1.21. The highest BCUT2D eigenvalue weighted by atomic mass is 79.9. The predicted molar refractivity (Wildman–Crippen MR) is 71.5 cm³/mol. The van der Waals surface area contributed by atoms with Gasteiger partial charge < -0.3 is 0 Å². The van der Waals surface area contributed by atoms with Gasteiger partial charge in [-0.15, -0.1) is 0 Å². The summed E-state index contributed by atoms with van der Waals surface area (Å²) in [5, 5.41) is 0.818. The minimum atomic E-state index is -0.0121. The van der Waals surface area contributed by atoms with Gasteiger partial charge in [0.15, 0.2) is 0 Å². The fraction of sp³-hybridized carbons (Fsp3) is 0.231. The molecule has 17 heavy (non-hydrogen) atoms. The molecule has 0 aliphatic carbocycles. The molecule has 88 valence electrons. The average molecular weight is 293 g/mol. The molecule has 1 atom stereocenters. The molecule has 0 saturated heterocycles. The van der Waals surface area contributed by atoms with Crippen LogP contribution in [0.5, 0.6) is 0 Å². The van der Waals surface area contributed by atoms with Crippen LogP contribution in [0, 0.1) is 0 Å². The molecule has 4 heteroatoms. The first-order chi connectivity index (χ1) is 8.31. The molecular weight excluding hydrogens is 280 g/mol. The molecule has 1 unspecified atom stereocenters. The fourth-order valence-electron chi connectivity index (χ4n) is 1.72. The van der Waals surface area contributed by atoms with E-state index in [1.54, 1.807) is 10.9 Å². The Kier molecular flexibility index (Phi) is 4.09. The Balaban J connectivity index is 2.22. The van der Waals surface area contributed by atoms with Crippen molar-refractivity contribution in [3.05, 3.63) is 64.8 Å². The predicted octanol–water partition coefficient (Wildman–Crippen LogP) is 2.42. The Bertz CT molecular complexity index is 524. The number of alkyl halides is 1. The van der Waals surface area contributed by atoms with Gasteiger partial charge in [0.1, 0.15) is 0 Å². The molecular formula is C13H13BrN2O. The number of aromatic nitrogens is 2. The van der Waals surface area contributed by atoms with E-state index in [1.165, 1.54) is 17.8 Å². The van der Waals surface area contributed by atoms with E-state index in [9.17, 15) is 4.79 Å². The van der Waals surface area contributed by atoms with Crippen molar-refractivity contribution in [2.24, 2.45) is 0 Å². The second kappa shape index (κ2) is 5.77. The van der Waals surface area contributed by atoms with Crippen molar-refractivity contribution >= 4 is 15.9 Å². The lowest BCUT2D eigenvalue weighted by molar-refractivity contribution is 0.579. The van der Waals surface area contributed by atoms with E-state index in [4.69, 9.17) is 0 Å². The number of rotatable bonds is 4. The first kappa shape index (κ1) is 12.0. The molecule has 0 amide bonds. The average Bonchev–Trinajstić information content (AvgIpc) is 2.39. The largest absolute Gasteiger partial charge is 0.299 e. The standard InChI is InChI=1S/C13H13BrN2O/c14-8-12(11-4-2-1-3-5-11)9-16-10-15-7-6-13(16)17/h1-7,10,12H,8-9H2. The maximum absolute atomic E-state index is 11.6. The minimum absolute atomic E-state index is 0.0121. The van der Waals surface area contributed by atoms with E-state index in [0.717, 1.165) is 5.33 Å². The molecule has 1 heterocycles. The smallest absolute Gasteiger partial charge is 0.253 e. The van der Waals surface area contributed by atoms with Crippen LogP contribution in [0.1, 0.15) is 11.5 Å². The first-order valence-corrected chi connectivity index (χ1v) is 6.55. The monoisotopic (exact) mass is 292 g/mol. The van der Waals surface area contributed by atoms with Crippen LogP contribution in [-0.2, 0) is 6.54 Å². The third kappa shape index (κ3) is 3.03. The summed E-state index contributed by atoms with van der Waals surface area (Å²) >= 11 is 3.50. The lowest BCUT2D eigenvalue weighted by Gasteiger charge is -2.15. The Labute approximate surface area is 108 Å². The molecule has 2 aromatic rings. The summed E-state index contributed by atoms with van der Waals surface area (Å²) in [6, 6.07) is 11.6. The van der Waals surface area contributed by atoms with Crippen LogP contribution in [0.15, 0.2) is 53.7 Å². The van der Waals surface area contributed by atoms with Gasteiger partial charge in [-0.2, -0.15) is 0 Å². The second-order valence-electron chi connectivity index (χ2n) is 3.83. The van der Waals surface area contributed by atoms with Gasteiger partial charge in [-0.05, 0) is 5.56 Å². The molecule has 1 aromatic heterocycles. The molecule has 0 bridgehead atoms. The van der Waals surface area contributed by atoms with Crippen LogP contribution in [0.4, 0.5) is 0 Å². The molecule has 0 spiro atoms. The second-order valence-corrected chi connectivity index (χ2v) is 4.48. The maximum Gasteiger partial charge on any atom is 0.253 e. The van der Waals surface area contributed by atoms with Gasteiger partial charge in [-0.1, -0.05) is 46.3 Å². The lowest BCUT2D eigenvalue weighted by atomic mass is 10.0. The number of hydrogen-bond acceptors (Lipinski definition) is 2. The Hall–Kier alpha value is -1.42. The third-order valence-corrected chi connectivity index (χ3v) is 3.45. The number of nitrogens with zero attached hydrogens (tertiary/aromatic N) is 2. The molecule has 2 rings (SSSR count). The van der Waals surface area contributed by atoms with E-state index >= 15 is 0 Å². The third-order valence-electron chi connectivity index (χ3n) is 2.67. The molecule has 0 N–H and O–H groups in total. The van der Waals surface area contributed by atoms with Crippen LogP contribution >= 0.6 is 15.9 Å². The van der Waals surface area contributed by atoms with Crippen molar-refractivity contribution < 1.29 is 0 Å².